The van der Waals surface area contributed by atoms with Gasteiger partial charge < -0.3 is 5.73 Å². The number of benzene rings is 2. The molecule has 0 bridgehead atoms. The largest absolute Gasteiger partial charge is 0.330 e. The van der Waals surface area contributed by atoms with E-state index in [1.807, 2.05) is 31.2 Å². The molecule has 2 aromatic rings. The Bertz CT molecular complexity index is 488. The van der Waals surface area contributed by atoms with Gasteiger partial charge in [-0.1, -0.05) is 36.4 Å². The van der Waals surface area contributed by atoms with Gasteiger partial charge in [0.15, 0.2) is 0 Å². The van der Waals surface area contributed by atoms with Crippen LogP contribution in [-0.2, 0) is 6.42 Å². The van der Waals surface area contributed by atoms with Gasteiger partial charge in [0, 0.05) is 5.92 Å². The van der Waals surface area contributed by atoms with Crippen molar-refractivity contribution in [1.29, 1.82) is 0 Å². The summed E-state index contributed by atoms with van der Waals surface area (Å²) in [7, 11) is 0. The second-order valence-corrected chi connectivity index (χ2v) is 4.68. The van der Waals surface area contributed by atoms with E-state index in [1.165, 1.54) is 5.56 Å². The lowest BCUT2D eigenvalue weighted by Crippen LogP contribution is -2.15. The second-order valence-electron chi connectivity index (χ2n) is 4.68. The smallest absolute Gasteiger partial charge is 0.123 e. The molecule has 0 saturated heterocycles. The summed E-state index contributed by atoms with van der Waals surface area (Å²) >= 11 is 0. The first kappa shape index (κ1) is 12.8. The Morgan fingerprint density at radius 3 is 2.44 bits per heavy atom. The zero-order valence-electron chi connectivity index (χ0n) is 10.6. The minimum absolute atomic E-state index is 0.172. The second kappa shape index (κ2) is 5.78. The summed E-state index contributed by atoms with van der Waals surface area (Å²) in [6.07, 6.45) is 0.777. The fourth-order valence-electron chi connectivity index (χ4n) is 2.28. The van der Waals surface area contributed by atoms with E-state index < -0.39 is 0 Å². The number of halogens is 1. The van der Waals surface area contributed by atoms with Gasteiger partial charge in [-0.25, -0.2) is 4.39 Å². The van der Waals surface area contributed by atoms with E-state index in [2.05, 4.69) is 12.1 Å². The highest BCUT2D eigenvalue weighted by Gasteiger charge is 2.11. The number of aryl methyl sites for hydroxylation is 1. The first-order valence-corrected chi connectivity index (χ1v) is 6.20. The van der Waals surface area contributed by atoms with Crippen molar-refractivity contribution in [3.05, 3.63) is 71.0 Å². The van der Waals surface area contributed by atoms with Gasteiger partial charge in [0.2, 0.25) is 0 Å². The van der Waals surface area contributed by atoms with E-state index in [0.717, 1.165) is 17.5 Å². The van der Waals surface area contributed by atoms with Crippen LogP contribution in [0.25, 0.3) is 0 Å². The van der Waals surface area contributed by atoms with Crippen LogP contribution < -0.4 is 5.73 Å². The Morgan fingerprint density at radius 1 is 1.11 bits per heavy atom. The van der Waals surface area contributed by atoms with E-state index in [-0.39, 0.29) is 11.7 Å². The van der Waals surface area contributed by atoms with Crippen molar-refractivity contribution in [2.24, 2.45) is 5.73 Å². The van der Waals surface area contributed by atoms with Gasteiger partial charge in [0.1, 0.15) is 5.82 Å². The number of nitrogens with two attached hydrogens (primary N) is 1. The van der Waals surface area contributed by atoms with Crippen LogP contribution in [-0.4, -0.2) is 6.54 Å². The Hall–Kier alpha value is -1.67. The predicted molar refractivity (Wildman–Crippen MR) is 73.1 cm³/mol. The van der Waals surface area contributed by atoms with Crippen molar-refractivity contribution in [3.63, 3.8) is 0 Å². The fourth-order valence-corrected chi connectivity index (χ4v) is 2.28. The minimum Gasteiger partial charge on any atom is -0.330 e. The molecule has 0 aliphatic rings. The third kappa shape index (κ3) is 3.17. The van der Waals surface area contributed by atoms with Gasteiger partial charge >= 0.3 is 0 Å². The Kier molecular flexibility index (Phi) is 4.11. The maximum atomic E-state index is 13.4. The summed E-state index contributed by atoms with van der Waals surface area (Å²) in [5.74, 6) is 0.0706. The average Bonchev–Trinajstić information content (AvgIpc) is 2.36. The molecule has 0 aliphatic carbocycles. The molecule has 1 nitrogen and oxygen atoms in total. The molecule has 0 amide bonds. The molecule has 94 valence electrons. The van der Waals surface area contributed by atoms with Gasteiger partial charge in [0.05, 0.1) is 0 Å². The maximum absolute atomic E-state index is 13.4. The third-order valence-corrected chi connectivity index (χ3v) is 3.14. The number of hydrogen-bond acceptors (Lipinski definition) is 1. The standard InChI is InChI=1S/C16H18FN/c1-12-7-13(10-16(17)8-12)9-15(11-18)14-5-3-2-4-6-14/h2-8,10,15H,9,11,18H2,1H3. The topological polar surface area (TPSA) is 26.0 Å². The molecule has 1 unspecified atom stereocenters. The molecule has 2 rings (SSSR count). The number of rotatable bonds is 4. The van der Waals surface area contributed by atoms with E-state index in [1.54, 1.807) is 12.1 Å². The van der Waals surface area contributed by atoms with Crippen LogP contribution in [0.2, 0.25) is 0 Å². The Morgan fingerprint density at radius 2 is 1.83 bits per heavy atom. The molecule has 0 fully saturated rings. The fraction of sp³-hybridized carbons (Fsp3) is 0.250. The van der Waals surface area contributed by atoms with Crippen LogP contribution in [0, 0.1) is 12.7 Å². The van der Waals surface area contributed by atoms with E-state index in [9.17, 15) is 4.39 Å². The van der Waals surface area contributed by atoms with E-state index in [0.29, 0.717) is 6.54 Å². The van der Waals surface area contributed by atoms with Crippen molar-refractivity contribution in [2.45, 2.75) is 19.3 Å². The molecule has 0 spiro atoms. The van der Waals surface area contributed by atoms with Gasteiger partial charge in [-0.2, -0.15) is 0 Å². The summed E-state index contributed by atoms with van der Waals surface area (Å²) in [6, 6.07) is 15.3. The molecule has 2 aromatic carbocycles. The molecule has 2 N–H and O–H groups in total. The highest BCUT2D eigenvalue weighted by molar-refractivity contribution is 5.28. The molecular weight excluding hydrogens is 225 g/mol. The SMILES string of the molecule is Cc1cc(F)cc(CC(CN)c2ccccc2)c1. The van der Waals surface area contributed by atoms with Crippen LogP contribution in [0.5, 0.6) is 0 Å². The molecule has 0 saturated carbocycles. The third-order valence-electron chi connectivity index (χ3n) is 3.14. The first-order chi connectivity index (χ1) is 8.69. The zero-order chi connectivity index (χ0) is 13.0. The lowest BCUT2D eigenvalue weighted by molar-refractivity contribution is 0.619. The van der Waals surface area contributed by atoms with Crippen molar-refractivity contribution < 1.29 is 4.39 Å². The zero-order valence-corrected chi connectivity index (χ0v) is 10.6. The molecule has 18 heavy (non-hydrogen) atoms. The molecule has 2 heteroatoms. The average molecular weight is 243 g/mol. The van der Waals surface area contributed by atoms with Crippen molar-refractivity contribution >= 4 is 0 Å². The molecule has 0 aromatic heterocycles. The first-order valence-electron chi connectivity index (χ1n) is 6.20. The van der Waals surface area contributed by atoms with Crippen LogP contribution in [0.15, 0.2) is 48.5 Å². The summed E-state index contributed by atoms with van der Waals surface area (Å²) < 4.78 is 13.4. The summed E-state index contributed by atoms with van der Waals surface area (Å²) in [5.41, 5.74) is 9.00. The lowest BCUT2D eigenvalue weighted by Gasteiger charge is -2.15. The van der Waals surface area contributed by atoms with Crippen LogP contribution in [0.4, 0.5) is 4.39 Å². The van der Waals surface area contributed by atoms with Crippen molar-refractivity contribution in [1.82, 2.24) is 0 Å². The molecule has 1 atom stereocenters. The quantitative estimate of drug-likeness (QED) is 0.874. The van der Waals surface area contributed by atoms with Crippen molar-refractivity contribution in [2.75, 3.05) is 6.54 Å². The maximum Gasteiger partial charge on any atom is 0.123 e. The van der Waals surface area contributed by atoms with Crippen LogP contribution in [0.1, 0.15) is 22.6 Å². The summed E-state index contributed by atoms with van der Waals surface area (Å²) in [4.78, 5) is 0. The summed E-state index contributed by atoms with van der Waals surface area (Å²) in [5, 5.41) is 0. The van der Waals surface area contributed by atoms with E-state index >= 15 is 0 Å². The molecule has 0 aliphatic heterocycles. The highest BCUT2D eigenvalue weighted by Crippen LogP contribution is 2.21. The van der Waals surface area contributed by atoms with Crippen molar-refractivity contribution in [3.8, 4) is 0 Å². The monoisotopic (exact) mass is 243 g/mol. The van der Waals surface area contributed by atoms with Crippen LogP contribution in [0.3, 0.4) is 0 Å². The number of hydrogen-bond donors (Lipinski definition) is 1. The van der Waals surface area contributed by atoms with Gasteiger partial charge in [-0.3, -0.25) is 0 Å². The Labute approximate surface area is 107 Å². The Balaban J connectivity index is 2.20. The minimum atomic E-state index is -0.172. The highest BCUT2D eigenvalue weighted by atomic mass is 19.1. The predicted octanol–water partition coefficient (Wildman–Crippen LogP) is 3.42. The van der Waals surface area contributed by atoms with Crippen LogP contribution >= 0.6 is 0 Å². The van der Waals surface area contributed by atoms with Gasteiger partial charge in [-0.05, 0) is 48.7 Å². The molecule has 0 heterocycles. The molecule has 0 radical (unpaired) electrons. The summed E-state index contributed by atoms with van der Waals surface area (Å²) in [6.45, 7) is 2.48. The van der Waals surface area contributed by atoms with Gasteiger partial charge in [-0.15, -0.1) is 0 Å². The van der Waals surface area contributed by atoms with Gasteiger partial charge in [0.25, 0.3) is 0 Å². The lowest BCUT2D eigenvalue weighted by atomic mass is 9.91. The van der Waals surface area contributed by atoms with E-state index in [4.69, 9.17) is 5.73 Å². The normalized spacial score (nSPS) is 12.4. The molecular formula is C16H18FN.